The lowest BCUT2D eigenvalue weighted by Crippen LogP contribution is -2.12. The van der Waals surface area contributed by atoms with Crippen molar-refractivity contribution in [3.63, 3.8) is 0 Å². The zero-order valence-electron chi connectivity index (χ0n) is 9.65. The van der Waals surface area contributed by atoms with Gasteiger partial charge in [0, 0.05) is 10.4 Å². The first-order valence-electron chi connectivity index (χ1n) is 5.51. The minimum Gasteiger partial charge on any atom is -0.481 e. The Bertz CT molecular complexity index is 613. The Morgan fingerprint density at radius 2 is 2.11 bits per heavy atom. The highest BCUT2D eigenvalue weighted by atomic mass is 35.5. The number of aliphatic carboxylic acids is 1. The molecular formula is C13H11Cl2NO2. The summed E-state index contributed by atoms with van der Waals surface area (Å²) in [6.07, 6.45) is 0.463. The molecular weight excluding hydrogens is 273 g/mol. The fourth-order valence-electron chi connectivity index (χ4n) is 1.87. The Balaban J connectivity index is 2.63. The summed E-state index contributed by atoms with van der Waals surface area (Å²) < 4.78 is 0. The van der Waals surface area contributed by atoms with E-state index in [-0.39, 0.29) is 0 Å². The maximum atomic E-state index is 11.1. The number of halogens is 2. The molecule has 1 N–H and O–H groups in total. The van der Waals surface area contributed by atoms with Crippen molar-refractivity contribution in [2.75, 3.05) is 0 Å². The van der Waals surface area contributed by atoms with Crippen molar-refractivity contribution in [3.8, 4) is 0 Å². The number of rotatable bonds is 3. The van der Waals surface area contributed by atoms with Crippen molar-refractivity contribution in [1.82, 2.24) is 4.98 Å². The lowest BCUT2D eigenvalue weighted by atomic mass is 10.0. The summed E-state index contributed by atoms with van der Waals surface area (Å²) in [4.78, 5) is 15.5. The molecule has 0 spiro atoms. The monoisotopic (exact) mass is 283 g/mol. The van der Waals surface area contributed by atoms with Crippen molar-refractivity contribution < 1.29 is 9.90 Å². The van der Waals surface area contributed by atoms with Crippen molar-refractivity contribution >= 4 is 40.1 Å². The Labute approximate surface area is 114 Å². The minimum atomic E-state index is -0.901. The number of carboxylic acid groups (broad SMARTS) is 1. The predicted octanol–water partition coefficient (Wildman–Crippen LogP) is 4.12. The molecule has 18 heavy (non-hydrogen) atoms. The smallest absolute Gasteiger partial charge is 0.312 e. The van der Waals surface area contributed by atoms with Gasteiger partial charge in [0.05, 0.1) is 22.2 Å². The van der Waals surface area contributed by atoms with Gasteiger partial charge in [-0.2, -0.15) is 0 Å². The van der Waals surface area contributed by atoms with E-state index >= 15 is 0 Å². The SMILES string of the molecule is CCC(C(=O)O)c1cc(Cl)c2ccc(Cl)cc2n1. The third-order valence-electron chi connectivity index (χ3n) is 2.80. The molecule has 2 rings (SSSR count). The number of nitrogens with zero attached hydrogens (tertiary/aromatic N) is 1. The van der Waals surface area contributed by atoms with Crippen molar-refractivity contribution in [3.05, 3.63) is 40.0 Å². The van der Waals surface area contributed by atoms with E-state index in [9.17, 15) is 4.79 Å². The van der Waals surface area contributed by atoms with Crippen LogP contribution in [0, 0.1) is 0 Å². The van der Waals surface area contributed by atoms with Gasteiger partial charge in [-0.1, -0.05) is 30.1 Å². The molecule has 1 aromatic heterocycles. The number of fused-ring (bicyclic) bond motifs is 1. The summed E-state index contributed by atoms with van der Waals surface area (Å²) in [5.74, 6) is -1.55. The first-order chi connectivity index (χ1) is 8.52. The average Bonchev–Trinajstić information content (AvgIpc) is 2.28. The number of carboxylic acids is 1. The highest BCUT2D eigenvalue weighted by molar-refractivity contribution is 6.36. The minimum absolute atomic E-state index is 0.463. The summed E-state index contributed by atoms with van der Waals surface area (Å²) in [5, 5.41) is 10.9. The molecule has 0 amide bonds. The maximum absolute atomic E-state index is 11.1. The van der Waals surface area contributed by atoms with E-state index in [2.05, 4.69) is 4.98 Å². The van der Waals surface area contributed by atoms with Gasteiger partial charge in [-0.15, -0.1) is 0 Å². The first-order valence-corrected chi connectivity index (χ1v) is 6.27. The molecule has 1 heterocycles. The number of hydrogen-bond donors (Lipinski definition) is 1. The van der Waals surface area contributed by atoms with Gasteiger partial charge < -0.3 is 5.11 Å². The molecule has 0 bridgehead atoms. The van der Waals surface area contributed by atoms with Crippen LogP contribution in [0.5, 0.6) is 0 Å². The molecule has 0 aliphatic heterocycles. The zero-order chi connectivity index (χ0) is 13.3. The van der Waals surface area contributed by atoms with E-state index in [0.717, 1.165) is 5.39 Å². The van der Waals surface area contributed by atoms with E-state index in [1.165, 1.54) is 0 Å². The number of carbonyl (C=O) groups is 1. The topological polar surface area (TPSA) is 50.2 Å². The second-order valence-electron chi connectivity index (χ2n) is 3.99. The number of pyridine rings is 1. The van der Waals surface area contributed by atoms with Gasteiger partial charge in [-0.05, 0) is 30.7 Å². The molecule has 0 radical (unpaired) electrons. The number of benzene rings is 1. The largest absolute Gasteiger partial charge is 0.481 e. The van der Waals surface area contributed by atoms with Crippen LogP contribution in [0.15, 0.2) is 24.3 Å². The maximum Gasteiger partial charge on any atom is 0.312 e. The van der Waals surface area contributed by atoms with E-state index in [0.29, 0.717) is 27.7 Å². The van der Waals surface area contributed by atoms with Gasteiger partial charge in [-0.25, -0.2) is 0 Å². The molecule has 5 heteroatoms. The molecule has 1 unspecified atom stereocenters. The van der Waals surface area contributed by atoms with Gasteiger partial charge in [0.1, 0.15) is 0 Å². The zero-order valence-corrected chi connectivity index (χ0v) is 11.2. The van der Waals surface area contributed by atoms with Crippen LogP contribution in [-0.4, -0.2) is 16.1 Å². The molecule has 94 valence electrons. The Morgan fingerprint density at radius 1 is 1.39 bits per heavy atom. The van der Waals surface area contributed by atoms with Crippen LogP contribution in [0.2, 0.25) is 10.0 Å². The number of hydrogen-bond acceptors (Lipinski definition) is 2. The van der Waals surface area contributed by atoms with Crippen LogP contribution >= 0.6 is 23.2 Å². The summed E-state index contributed by atoms with van der Waals surface area (Å²) in [7, 11) is 0. The lowest BCUT2D eigenvalue weighted by Gasteiger charge is -2.11. The molecule has 0 saturated carbocycles. The molecule has 0 fully saturated rings. The molecule has 0 saturated heterocycles. The summed E-state index contributed by atoms with van der Waals surface area (Å²) >= 11 is 12.0. The van der Waals surface area contributed by atoms with Gasteiger partial charge >= 0.3 is 5.97 Å². The highest BCUT2D eigenvalue weighted by Gasteiger charge is 2.20. The van der Waals surface area contributed by atoms with Crippen molar-refractivity contribution in [2.45, 2.75) is 19.3 Å². The summed E-state index contributed by atoms with van der Waals surface area (Å²) in [6, 6.07) is 6.80. The Hall–Kier alpha value is -1.32. The van der Waals surface area contributed by atoms with Crippen LogP contribution in [0.25, 0.3) is 10.9 Å². The number of aromatic nitrogens is 1. The second kappa shape index (κ2) is 5.12. The first kappa shape index (κ1) is 13.1. The third kappa shape index (κ3) is 2.42. The molecule has 2 aromatic rings. The second-order valence-corrected chi connectivity index (χ2v) is 4.83. The standard InChI is InChI=1S/C13H11Cl2NO2/c1-2-8(13(17)18)12-6-10(15)9-4-3-7(14)5-11(9)16-12/h3-6,8H,2H2,1H3,(H,17,18). The Morgan fingerprint density at radius 3 is 2.72 bits per heavy atom. The molecule has 3 nitrogen and oxygen atoms in total. The van der Waals surface area contributed by atoms with Crippen LogP contribution in [0.3, 0.4) is 0 Å². The van der Waals surface area contributed by atoms with Crippen molar-refractivity contribution in [2.24, 2.45) is 0 Å². The van der Waals surface area contributed by atoms with E-state index in [1.807, 2.05) is 0 Å². The summed E-state index contributed by atoms with van der Waals surface area (Å²) in [6.45, 7) is 1.80. The van der Waals surface area contributed by atoms with Crippen LogP contribution in [0.1, 0.15) is 25.0 Å². The third-order valence-corrected chi connectivity index (χ3v) is 3.35. The fraction of sp³-hybridized carbons (Fsp3) is 0.231. The fourth-order valence-corrected chi connectivity index (χ4v) is 2.30. The van der Waals surface area contributed by atoms with Crippen LogP contribution < -0.4 is 0 Å². The molecule has 1 atom stereocenters. The van der Waals surface area contributed by atoms with Gasteiger partial charge in [0.15, 0.2) is 0 Å². The normalized spacial score (nSPS) is 12.6. The molecule has 1 aromatic carbocycles. The van der Waals surface area contributed by atoms with Gasteiger partial charge in [0.2, 0.25) is 0 Å². The van der Waals surface area contributed by atoms with E-state index in [1.54, 1.807) is 31.2 Å². The van der Waals surface area contributed by atoms with Gasteiger partial charge in [0.25, 0.3) is 0 Å². The van der Waals surface area contributed by atoms with Crippen LogP contribution in [-0.2, 0) is 4.79 Å². The van der Waals surface area contributed by atoms with Gasteiger partial charge in [-0.3, -0.25) is 9.78 Å². The van der Waals surface area contributed by atoms with E-state index in [4.69, 9.17) is 28.3 Å². The molecule has 0 aliphatic rings. The predicted molar refractivity (Wildman–Crippen MR) is 72.4 cm³/mol. The Kier molecular flexibility index (Phi) is 3.73. The molecule has 0 aliphatic carbocycles. The average molecular weight is 284 g/mol. The quantitative estimate of drug-likeness (QED) is 0.922. The van der Waals surface area contributed by atoms with Crippen LogP contribution in [0.4, 0.5) is 0 Å². The summed E-state index contributed by atoms with van der Waals surface area (Å²) in [5.41, 5.74) is 1.08. The van der Waals surface area contributed by atoms with Crippen molar-refractivity contribution in [1.29, 1.82) is 0 Å². The lowest BCUT2D eigenvalue weighted by molar-refractivity contribution is -0.138. The van der Waals surface area contributed by atoms with E-state index < -0.39 is 11.9 Å². The highest BCUT2D eigenvalue weighted by Crippen LogP contribution is 2.29.